The quantitative estimate of drug-likeness (QED) is 0.857. The molecule has 4 rings (SSSR count). The molecule has 1 amide bonds. The molecule has 7 heteroatoms. The maximum Gasteiger partial charge on any atom is 0.227 e. The molecule has 1 N–H and O–H groups in total. The van der Waals surface area contributed by atoms with Crippen molar-refractivity contribution in [3.8, 4) is 11.5 Å². The SMILES string of the molecule is COc1ccc(NC(=O)C2CCc3nc(N4CCCC4)ncc3C2)cc1OC. The molecule has 1 fully saturated rings. The van der Waals surface area contributed by atoms with Crippen LogP contribution in [0.4, 0.5) is 11.6 Å². The van der Waals surface area contributed by atoms with Gasteiger partial charge in [0.15, 0.2) is 11.5 Å². The van der Waals surface area contributed by atoms with Crippen molar-refractivity contribution in [1.29, 1.82) is 0 Å². The van der Waals surface area contributed by atoms with Crippen LogP contribution in [0, 0.1) is 5.92 Å². The van der Waals surface area contributed by atoms with Crippen molar-refractivity contribution >= 4 is 17.5 Å². The Hall–Kier alpha value is -2.83. The van der Waals surface area contributed by atoms with Crippen LogP contribution in [0.1, 0.15) is 30.5 Å². The van der Waals surface area contributed by atoms with Crippen LogP contribution in [-0.4, -0.2) is 43.2 Å². The molecule has 1 aromatic heterocycles. The highest BCUT2D eigenvalue weighted by Gasteiger charge is 2.27. The number of hydrogen-bond donors (Lipinski definition) is 1. The molecular formula is C21H26N4O3. The first-order chi connectivity index (χ1) is 13.7. The lowest BCUT2D eigenvalue weighted by Gasteiger charge is -2.24. The minimum Gasteiger partial charge on any atom is -0.493 e. The Kier molecular flexibility index (Phi) is 5.32. The number of fused-ring (bicyclic) bond motifs is 1. The summed E-state index contributed by atoms with van der Waals surface area (Å²) in [5.74, 6) is 2.00. The van der Waals surface area contributed by atoms with E-state index >= 15 is 0 Å². The van der Waals surface area contributed by atoms with E-state index in [2.05, 4.69) is 15.2 Å². The predicted molar refractivity (Wildman–Crippen MR) is 107 cm³/mol. The second-order valence-electron chi connectivity index (χ2n) is 7.33. The average Bonchev–Trinajstić information content (AvgIpc) is 3.27. The Morgan fingerprint density at radius 2 is 1.96 bits per heavy atom. The fraction of sp³-hybridized carbons (Fsp3) is 0.476. The number of methoxy groups -OCH3 is 2. The van der Waals surface area contributed by atoms with E-state index < -0.39 is 0 Å². The normalized spacial score (nSPS) is 18.5. The third-order valence-electron chi connectivity index (χ3n) is 5.55. The molecule has 0 bridgehead atoms. The number of aryl methyl sites for hydroxylation is 1. The summed E-state index contributed by atoms with van der Waals surface area (Å²) in [6.45, 7) is 2.07. The third kappa shape index (κ3) is 3.74. The van der Waals surface area contributed by atoms with E-state index in [1.54, 1.807) is 26.4 Å². The van der Waals surface area contributed by atoms with Crippen molar-refractivity contribution in [2.75, 3.05) is 37.5 Å². The van der Waals surface area contributed by atoms with Crippen molar-refractivity contribution in [1.82, 2.24) is 9.97 Å². The van der Waals surface area contributed by atoms with Crippen molar-refractivity contribution in [2.24, 2.45) is 5.92 Å². The van der Waals surface area contributed by atoms with Crippen LogP contribution in [0.2, 0.25) is 0 Å². The zero-order chi connectivity index (χ0) is 19.5. The van der Waals surface area contributed by atoms with E-state index in [0.29, 0.717) is 23.6 Å². The summed E-state index contributed by atoms with van der Waals surface area (Å²) in [6.07, 6.45) is 6.60. The van der Waals surface area contributed by atoms with Gasteiger partial charge < -0.3 is 19.7 Å². The van der Waals surface area contributed by atoms with Gasteiger partial charge in [-0.25, -0.2) is 9.97 Å². The van der Waals surface area contributed by atoms with Crippen molar-refractivity contribution in [3.63, 3.8) is 0 Å². The molecular weight excluding hydrogens is 356 g/mol. The van der Waals surface area contributed by atoms with Crippen molar-refractivity contribution in [3.05, 3.63) is 35.7 Å². The Balaban J connectivity index is 1.43. The smallest absolute Gasteiger partial charge is 0.227 e. The third-order valence-corrected chi connectivity index (χ3v) is 5.55. The molecule has 1 unspecified atom stereocenters. The van der Waals surface area contributed by atoms with Gasteiger partial charge in [-0.1, -0.05) is 0 Å². The van der Waals surface area contributed by atoms with Crippen LogP contribution in [0.15, 0.2) is 24.4 Å². The summed E-state index contributed by atoms with van der Waals surface area (Å²) < 4.78 is 10.5. The predicted octanol–water partition coefficient (Wildman–Crippen LogP) is 2.84. The second-order valence-corrected chi connectivity index (χ2v) is 7.33. The lowest BCUT2D eigenvalue weighted by Crippen LogP contribution is -2.29. The van der Waals surface area contributed by atoms with Gasteiger partial charge in [-0.15, -0.1) is 0 Å². The van der Waals surface area contributed by atoms with E-state index in [0.717, 1.165) is 43.1 Å². The number of carbonyl (C=O) groups excluding carboxylic acids is 1. The van der Waals surface area contributed by atoms with Crippen molar-refractivity contribution in [2.45, 2.75) is 32.1 Å². The summed E-state index contributed by atoms with van der Waals surface area (Å²) in [4.78, 5) is 24.3. The van der Waals surface area contributed by atoms with Gasteiger partial charge in [0, 0.05) is 42.7 Å². The number of aromatic nitrogens is 2. The van der Waals surface area contributed by atoms with E-state index in [1.807, 2.05) is 12.3 Å². The molecule has 1 atom stereocenters. The molecule has 28 heavy (non-hydrogen) atoms. The molecule has 7 nitrogen and oxygen atoms in total. The van der Waals surface area contributed by atoms with E-state index in [-0.39, 0.29) is 11.8 Å². The Labute approximate surface area is 165 Å². The molecule has 2 aromatic rings. The van der Waals surface area contributed by atoms with Gasteiger partial charge in [0.05, 0.1) is 14.2 Å². The Morgan fingerprint density at radius 1 is 1.18 bits per heavy atom. The molecule has 1 saturated heterocycles. The average molecular weight is 382 g/mol. The maximum atomic E-state index is 12.8. The van der Waals surface area contributed by atoms with Gasteiger partial charge in [0.25, 0.3) is 0 Å². The van der Waals surface area contributed by atoms with Gasteiger partial charge >= 0.3 is 0 Å². The molecule has 0 saturated carbocycles. The number of benzene rings is 1. The number of amides is 1. The van der Waals surface area contributed by atoms with Crippen LogP contribution in [-0.2, 0) is 17.6 Å². The first kappa shape index (κ1) is 18.5. The minimum atomic E-state index is -0.0816. The van der Waals surface area contributed by atoms with Gasteiger partial charge in [-0.2, -0.15) is 0 Å². The zero-order valence-corrected chi connectivity index (χ0v) is 16.4. The summed E-state index contributed by atoms with van der Waals surface area (Å²) in [5, 5.41) is 3.00. The van der Waals surface area contributed by atoms with Gasteiger partial charge in [0.2, 0.25) is 11.9 Å². The zero-order valence-electron chi connectivity index (χ0n) is 16.4. The molecule has 2 aliphatic rings. The second kappa shape index (κ2) is 8.04. The highest BCUT2D eigenvalue weighted by Crippen LogP contribution is 2.31. The number of nitrogens with one attached hydrogen (secondary N) is 1. The van der Waals surface area contributed by atoms with Gasteiger partial charge in [-0.05, 0) is 49.8 Å². The number of carbonyl (C=O) groups is 1. The molecule has 0 spiro atoms. The summed E-state index contributed by atoms with van der Waals surface area (Å²) in [7, 11) is 3.17. The molecule has 0 radical (unpaired) electrons. The van der Waals surface area contributed by atoms with Gasteiger partial charge in [0.1, 0.15) is 0 Å². The fourth-order valence-electron chi connectivity index (χ4n) is 3.95. The highest BCUT2D eigenvalue weighted by atomic mass is 16.5. The Bertz CT molecular complexity index is 865. The highest BCUT2D eigenvalue weighted by molar-refractivity contribution is 5.93. The summed E-state index contributed by atoms with van der Waals surface area (Å²) in [5.41, 5.74) is 2.88. The molecule has 1 aliphatic carbocycles. The largest absolute Gasteiger partial charge is 0.493 e. The first-order valence-electron chi connectivity index (χ1n) is 9.80. The van der Waals surface area contributed by atoms with Crippen LogP contribution in [0.3, 0.4) is 0 Å². The number of nitrogens with zero attached hydrogens (tertiary/aromatic N) is 3. The lowest BCUT2D eigenvalue weighted by atomic mass is 9.86. The van der Waals surface area contributed by atoms with E-state index in [4.69, 9.17) is 14.5 Å². The number of anilines is 2. The van der Waals surface area contributed by atoms with Gasteiger partial charge in [-0.3, -0.25) is 4.79 Å². The van der Waals surface area contributed by atoms with Crippen LogP contribution in [0.25, 0.3) is 0 Å². The number of rotatable bonds is 5. The van der Waals surface area contributed by atoms with Crippen LogP contribution < -0.4 is 19.7 Å². The summed E-state index contributed by atoms with van der Waals surface area (Å²) in [6, 6.07) is 5.39. The molecule has 1 aliphatic heterocycles. The van der Waals surface area contributed by atoms with Crippen LogP contribution >= 0.6 is 0 Å². The number of ether oxygens (including phenoxy) is 2. The molecule has 148 valence electrons. The topological polar surface area (TPSA) is 76.6 Å². The van der Waals surface area contributed by atoms with E-state index in [1.165, 1.54) is 12.8 Å². The van der Waals surface area contributed by atoms with Crippen LogP contribution in [0.5, 0.6) is 11.5 Å². The van der Waals surface area contributed by atoms with E-state index in [9.17, 15) is 4.79 Å². The summed E-state index contributed by atoms with van der Waals surface area (Å²) >= 11 is 0. The number of hydrogen-bond acceptors (Lipinski definition) is 6. The maximum absolute atomic E-state index is 12.8. The minimum absolute atomic E-state index is 0.0153. The lowest BCUT2D eigenvalue weighted by molar-refractivity contribution is -0.120. The Morgan fingerprint density at radius 3 is 2.71 bits per heavy atom. The fourth-order valence-corrected chi connectivity index (χ4v) is 3.95. The molecule has 1 aromatic carbocycles. The standard InChI is InChI=1S/C21H26N4O3/c1-27-18-8-6-16(12-19(18)28-2)23-20(26)14-5-7-17-15(11-14)13-22-21(24-17)25-9-3-4-10-25/h6,8,12-14H,3-5,7,9-11H2,1-2H3,(H,23,26). The van der Waals surface area contributed by atoms with Crippen molar-refractivity contribution < 1.29 is 14.3 Å². The monoisotopic (exact) mass is 382 g/mol. The molecule has 2 heterocycles. The first-order valence-corrected chi connectivity index (χ1v) is 9.80.